The molecule has 0 unspecified atom stereocenters. The topological polar surface area (TPSA) is 80.1 Å². The molecule has 27 heavy (non-hydrogen) atoms. The molecule has 140 valence electrons. The Hall–Kier alpha value is -2.60. The van der Waals surface area contributed by atoms with Crippen molar-refractivity contribution in [3.8, 4) is 0 Å². The van der Waals surface area contributed by atoms with E-state index in [0.29, 0.717) is 46.2 Å². The molecule has 0 aliphatic heterocycles. The number of aryl methyl sites for hydroxylation is 1. The largest absolute Gasteiger partial charge is 0.442 e. The van der Waals surface area contributed by atoms with Crippen LogP contribution in [0.25, 0.3) is 11.1 Å². The van der Waals surface area contributed by atoms with Gasteiger partial charge in [-0.1, -0.05) is 23.7 Å². The molecule has 2 aromatic heterocycles. The smallest absolute Gasteiger partial charge is 0.255 e. The molecular formula is C20H21ClN4O2. The number of carbonyl (C=O) groups is 1. The monoisotopic (exact) mass is 384 g/mol. The fraction of sp³-hybridized carbons (Fsp3) is 0.350. The van der Waals surface area contributed by atoms with Crippen molar-refractivity contribution in [2.75, 3.05) is 11.9 Å². The zero-order valence-electron chi connectivity index (χ0n) is 15.3. The molecule has 1 aromatic carbocycles. The standard InChI is InChI=1S/C20H21ClN4O2/c1-12-15(18(26)22-9-6-13-4-3-5-14(21)10-13)16-17(25-20(2)7-8-20)23-11-24-19(16)27-12/h3-5,10-11H,6-9H2,1-2H3,(H,22,26)(H,23,24,25). The molecule has 1 amide bonds. The maximum absolute atomic E-state index is 12.9. The minimum Gasteiger partial charge on any atom is -0.442 e. The van der Waals surface area contributed by atoms with Crippen molar-refractivity contribution in [3.05, 3.63) is 52.5 Å². The van der Waals surface area contributed by atoms with Crippen LogP contribution in [0.5, 0.6) is 0 Å². The van der Waals surface area contributed by atoms with Crippen LogP contribution >= 0.6 is 11.6 Å². The Labute approximate surface area is 162 Å². The number of anilines is 1. The SMILES string of the molecule is Cc1oc2ncnc(NC3(C)CC3)c2c1C(=O)NCCc1cccc(Cl)c1. The van der Waals surface area contributed by atoms with E-state index in [4.69, 9.17) is 16.0 Å². The van der Waals surface area contributed by atoms with E-state index < -0.39 is 0 Å². The van der Waals surface area contributed by atoms with Crippen molar-refractivity contribution < 1.29 is 9.21 Å². The molecular weight excluding hydrogens is 364 g/mol. The molecule has 7 heteroatoms. The average Bonchev–Trinajstić information content (AvgIpc) is 3.23. The lowest BCUT2D eigenvalue weighted by molar-refractivity contribution is 0.0954. The number of furan rings is 1. The summed E-state index contributed by atoms with van der Waals surface area (Å²) in [5.74, 6) is 0.999. The van der Waals surface area contributed by atoms with Crippen LogP contribution in [0.2, 0.25) is 5.02 Å². The number of benzene rings is 1. The summed E-state index contributed by atoms with van der Waals surface area (Å²) in [4.78, 5) is 21.4. The van der Waals surface area contributed by atoms with Gasteiger partial charge in [0.05, 0.1) is 10.9 Å². The third-order valence-corrected chi connectivity index (χ3v) is 5.13. The molecule has 1 aliphatic rings. The number of hydrogen-bond donors (Lipinski definition) is 2. The number of carbonyl (C=O) groups excluding carboxylic acids is 1. The maximum Gasteiger partial charge on any atom is 0.255 e. The molecule has 3 aromatic rings. The summed E-state index contributed by atoms with van der Waals surface area (Å²) < 4.78 is 5.71. The van der Waals surface area contributed by atoms with Gasteiger partial charge in [-0.25, -0.2) is 9.97 Å². The highest BCUT2D eigenvalue weighted by Gasteiger charge is 2.38. The average molecular weight is 385 g/mol. The summed E-state index contributed by atoms with van der Waals surface area (Å²) >= 11 is 6.01. The van der Waals surface area contributed by atoms with Gasteiger partial charge in [-0.3, -0.25) is 4.79 Å². The fourth-order valence-electron chi connectivity index (χ4n) is 3.11. The zero-order chi connectivity index (χ0) is 19.0. The summed E-state index contributed by atoms with van der Waals surface area (Å²) in [5, 5.41) is 7.73. The number of nitrogens with one attached hydrogen (secondary N) is 2. The van der Waals surface area contributed by atoms with Gasteiger partial charge in [0.25, 0.3) is 5.91 Å². The van der Waals surface area contributed by atoms with Gasteiger partial charge < -0.3 is 15.1 Å². The van der Waals surface area contributed by atoms with E-state index >= 15 is 0 Å². The van der Waals surface area contributed by atoms with Crippen LogP contribution in [0, 0.1) is 6.92 Å². The van der Waals surface area contributed by atoms with E-state index in [9.17, 15) is 4.79 Å². The van der Waals surface area contributed by atoms with E-state index in [-0.39, 0.29) is 11.4 Å². The van der Waals surface area contributed by atoms with Crippen LogP contribution in [0.3, 0.4) is 0 Å². The first-order valence-electron chi connectivity index (χ1n) is 9.00. The van der Waals surface area contributed by atoms with E-state index in [1.165, 1.54) is 6.33 Å². The number of halogens is 1. The second kappa shape index (κ2) is 6.85. The van der Waals surface area contributed by atoms with Crippen LogP contribution in [-0.4, -0.2) is 28.0 Å². The van der Waals surface area contributed by atoms with Gasteiger partial charge in [0.15, 0.2) is 0 Å². The van der Waals surface area contributed by atoms with Crippen molar-refractivity contribution in [1.82, 2.24) is 15.3 Å². The second-order valence-corrected chi connectivity index (χ2v) is 7.69. The predicted molar refractivity (Wildman–Crippen MR) is 105 cm³/mol. The van der Waals surface area contributed by atoms with Crippen molar-refractivity contribution in [1.29, 1.82) is 0 Å². The summed E-state index contributed by atoms with van der Waals surface area (Å²) in [6.07, 6.45) is 4.31. The molecule has 1 saturated carbocycles. The first-order valence-corrected chi connectivity index (χ1v) is 9.38. The molecule has 6 nitrogen and oxygen atoms in total. The Morgan fingerprint density at radius 2 is 2.15 bits per heavy atom. The molecule has 0 bridgehead atoms. The highest BCUT2D eigenvalue weighted by atomic mass is 35.5. The minimum absolute atomic E-state index is 0.0345. The second-order valence-electron chi connectivity index (χ2n) is 7.26. The predicted octanol–water partition coefficient (Wildman–Crippen LogP) is 4.12. The van der Waals surface area contributed by atoms with Gasteiger partial charge in [0.2, 0.25) is 5.71 Å². The molecule has 2 heterocycles. The van der Waals surface area contributed by atoms with Crippen molar-refractivity contribution in [2.45, 2.75) is 38.6 Å². The van der Waals surface area contributed by atoms with Crippen LogP contribution in [-0.2, 0) is 6.42 Å². The molecule has 4 rings (SSSR count). The number of nitrogens with zero attached hydrogens (tertiary/aromatic N) is 2. The molecule has 0 spiro atoms. The van der Waals surface area contributed by atoms with Crippen molar-refractivity contribution in [3.63, 3.8) is 0 Å². The van der Waals surface area contributed by atoms with Gasteiger partial charge in [-0.05, 0) is 50.8 Å². The van der Waals surface area contributed by atoms with Gasteiger partial charge in [0.1, 0.15) is 17.9 Å². The molecule has 1 aliphatic carbocycles. The summed E-state index contributed by atoms with van der Waals surface area (Å²) in [6.45, 7) is 4.41. The van der Waals surface area contributed by atoms with E-state index in [0.717, 1.165) is 18.4 Å². The van der Waals surface area contributed by atoms with Crippen molar-refractivity contribution in [2.24, 2.45) is 0 Å². The first-order chi connectivity index (χ1) is 13.0. The van der Waals surface area contributed by atoms with Crippen molar-refractivity contribution >= 4 is 34.4 Å². The van der Waals surface area contributed by atoms with E-state index in [1.807, 2.05) is 24.3 Å². The van der Waals surface area contributed by atoms with Gasteiger partial charge in [-0.15, -0.1) is 0 Å². The third-order valence-electron chi connectivity index (χ3n) is 4.90. The lowest BCUT2D eigenvalue weighted by Crippen LogP contribution is -2.26. The van der Waals surface area contributed by atoms with Crippen LogP contribution in [0.4, 0.5) is 5.82 Å². The fourth-order valence-corrected chi connectivity index (χ4v) is 3.32. The van der Waals surface area contributed by atoms with Gasteiger partial charge in [0, 0.05) is 17.1 Å². The van der Waals surface area contributed by atoms with Crippen LogP contribution in [0.15, 0.2) is 35.0 Å². The summed E-state index contributed by atoms with van der Waals surface area (Å²) in [5.41, 5.74) is 2.02. The van der Waals surface area contributed by atoms with E-state index in [1.54, 1.807) is 6.92 Å². The molecule has 0 radical (unpaired) electrons. The Morgan fingerprint density at radius 1 is 1.33 bits per heavy atom. The highest BCUT2D eigenvalue weighted by molar-refractivity contribution is 6.30. The lowest BCUT2D eigenvalue weighted by atomic mass is 10.1. The quantitative estimate of drug-likeness (QED) is 0.668. The zero-order valence-corrected chi connectivity index (χ0v) is 16.1. The van der Waals surface area contributed by atoms with Gasteiger partial charge in [-0.2, -0.15) is 0 Å². The highest BCUT2D eigenvalue weighted by Crippen LogP contribution is 2.40. The summed E-state index contributed by atoms with van der Waals surface area (Å²) in [7, 11) is 0. The lowest BCUT2D eigenvalue weighted by Gasteiger charge is -2.13. The number of hydrogen-bond acceptors (Lipinski definition) is 5. The number of rotatable bonds is 6. The van der Waals surface area contributed by atoms with E-state index in [2.05, 4.69) is 27.5 Å². The van der Waals surface area contributed by atoms with Gasteiger partial charge >= 0.3 is 0 Å². The first kappa shape index (κ1) is 17.8. The Balaban J connectivity index is 1.55. The molecule has 0 atom stereocenters. The van der Waals surface area contributed by atoms with Crippen LogP contribution < -0.4 is 10.6 Å². The molecule has 1 fully saturated rings. The Morgan fingerprint density at radius 3 is 2.89 bits per heavy atom. The molecule has 2 N–H and O–H groups in total. The Kier molecular flexibility index (Phi) is 4.52. The minimum atomic E-state index is -0.188. The third kappa shape index (κ3) is 3.76. The normalized spacial score (nSPS) is 14.9. The summed E-state index contributed by atoms with van der Waals surface area (Å²) in [6, 6.07) is 7.63. The number of fused-ring (bicyclic) bond motifs is 1. The Bertz CT molecular complexity index is 1010. The number of amides is 1. The maximum atomic E-state index is 12.9. The molecule has 0 saturated heterocycles. The number of aromatic nitrogens is 2. The van der Waals surface area contributed by atoms with Crippen LogP contribution in [0.1, 0.15) is 41.4 Å².